The number of aromatic nitrogens is 2. The summed E-state index contributed by atoms with van der Waals surface area (Å²) in [5.74, 6) is -1.04. The van der Waals surface area contributed by atoms with Crippen molar-refractivity contribution in [3.8, 4) is 11.4 Å². The van der Waals surface area contributed by atoms with Gasteiger partial charge in [-0.3, -0.25) is 9.59 Å². The number of carbonyl (C=O) groups excluding carboxylic acids is 1. The van der Waals surface area contributed by atoms with Crippen LogP contribution in [0.3, 0.4) is 0 Å². The lowest BCUT2D eigenvalue weighted by Gasteiger charge is -2.18. The van der Waals surface area contributed by atoms with Gasteiger partial charge < -0.3 is 9.64 Å². The first-order valence-electron chi connectivity index (χ1n) is 8.86. The topological polar surface area (TPSA) is 64.4 Å². The van der Waals surface area contributed by atoms with E-state index in [9.17, 15) is 18.4 Å². The van der Waals surface area contributed by atoms with E-state index in [1.54, 1.807) is 13.0 Å². The fraction of sp³-hybridized carbons (Fsp3) is 0.190. The summed E-state index contributed by atoms with van der Waals surface area (Å²) in [6.45, 7) is 1.92. The lowest BCUT2D eigenvalue weighted by molar-refractivity contribution is 0.0764. The number of para-hydroxylation sites is 1. The van der Waals surface area contributed by atoms with E-state index in [-0.39, 0.29) is 30.4 Å². The maximum absolute atomic E-state index is 14.1. The fourth-order valence-electron chi connectivity index (χ4n) is 2.68. The maximum atomic E-state index is 14.1. The molecule has 0 aliphatic rings. The number of likely N-dealkylation sites (N-methyl/N-ethyl adjacent to an activating group) is 1. The van der Waals surface area contributed by atoms with Crippen molar-refractivity contribution in [2.24, 2.45) is 0 Å². The summed E-state index contributed by atoms with van der Waals surface area (Å²) >= 11 is 0. The molecule has 8 heteroatoms. The first-order valence-corrected chi connectivity index (χ1v) is 8.86. The fourth-order valence-corrected chi connectivity index (χ4v) is 2.68. The highest BCUT2D eigenvalue weighted by Crippen LogP contribution is 2.14. The molecule has 1 heterocycles. The third kappa shape index (κ3) is 4.66. The van der Waals surface area contributed by atoms with Crippen LogP contribution in [0.5, 0.6) is 5.75 Å². The van der Waals surface area contributed by atoms with E-state index in [0.29, 0.717) is 11.4 Å². The highest BCUT2D eigenvalue weighted by Gasteiger charge is 2.20. The predicted octanol–water partition coefficient (Wildman–Crippen LogP) is 2.97. The summed E-state index contributed by atoms with van der Waals surface area (Å²) in [6.07, 6.45) is 0. The average Bonchev–Trinajstić information content (AvgIpc) is 2.70. The molecule has 6 nitrogen and oxygen atoms in total. The Hall–Kier alpha value is -3.55. The Bertz CT molecular complexity index is 1080. The molecule has 29 heavy (non-hydrogen) atoms. The minimum atomic E-state index is -0.609. The van der Waals surface area contributed by atoms with Crippen LogP contribution in [0.4, 0.5) is 8.78 Å². The Morgan fingerprint density at radius 2 is 1.83 bits per heavy atom. The van der Waals surface area contributed by atoms with Crippen LogP contribution >= 0.6 is 0 Å². The van der Waals surface area contributed by atoms with Crippen LogP contribution in [-0.2, 0) is 0 Å². The number of rotatable bonds is 6. The van der Waals surface area contributed by atoms with E-state index in [2.05, 4.69) is 5.10 Å². The van der Waals surface area contributed by atoms with Crippen molar-refractivity contribution in [3.63, 3.8) is 0 Å². The van der Waals surface area contributed by atoms with Gasteiger partial charge in [-0.1, -0.05) is 12.1 Å². The summed E-state index contributed by atoms with van der Waals surface area (Å²) in [5, 5.41) is 4.09. The van der Waals surface area contributed by atoms with E-state index < -0.39 is 17.2 Å². The molecule has 2 aromatic carbocycles. The zero-order valence-corrected chi connectivity index (χ0v) is 15.9. The van der Waals surface area contributed by atoms with Gasteiger partial charge in [-0.15, -0.1) is 0 Å². The molecule has 0 unspecified atom stereocenters. The smallest absolute Gasteiger partial charge is 0.278 e. The van der Waals surface area contributed by atoms with E-state index in [1.807, 2.05) is 0 Å². The molecule has 1 amide bonds. The number of hydrogen-bond donors (Lipinski definition) is 0. The minimum absolute atomic E-state index is 0.140. The number of halogens is 2. The number of ether oxygens (including phenoxy) is 1. The third-order valence-electron chi connectivity index (χ3n) is 4.25. The second-order valence-corrected chi connectivity index (χ2v) is 6.39. The van der Waals surface area contributed by atoms with Crippen LogP contribution in [0.15, 0.2) is 59.4 Å². The summed E-state index contributed by atoms with van der Waals surface area (Å²) in [7, 11) is 1.50. The number of nitrogens with zero attached hydrogens (tertiary/aromatic N) is 3. The lowest BCUT2D eigenvalue weighted by atomic mass is 10.2. The molecule has 3 rings (SSSR count). The van der Waals surface area contributed by atoms with E-state index in [1.165, 1.54) is 65.2 Å². The third-order valence-corrected chi connectivity index (χ3v) is 4.25. The molecule has 0 bridgehead atoms. The molecule has 0 aliphatic heterocycles. The Morgan fingerprint density at radius 3 is 2.52 bits per heavy atom. The van der Waals surface area contributed by atoms with Gasteiger partial charge in [0.2, 0.25) is 5.43 Å². The zero-order chi connectivity index (χ0) is 21.0. The monoisotopic (exact) mass is 399 g/mol. The Kier molecular flexibility index (Phi) is 6.01. The SMILES string of the molecule is Cc1cc(=O)c(C(=O)N(C)CCOc2ccc(F)cc2)nn1-c1ccccc1F. The van der Waals surface area contributed by atoms with E-state index in [0.717, 1.165) is 0 Å². The molecular formula is C21H19F2N3O3. The van der Waals surface area contributed by atoms with Crippen LogP contribution in [0.2, 0.25) is 0 Å². The van der Waals surface area contributed by atoms with Gasteiger partial charge in [-0.25, -0.2) is 13.5 Å². The highest BCUT2D eigenvalue weighted by molar-refractivity contribution is 5.91. The number of amides is 1. The van der Waals surface area contributed by atoms with Crippen molar-refractivity contribution in [2.45, 2.75) is 6.92 Å². The van der Waals surface area contributed by atoms with Crippen LogP contribution in [0, 0.1) is 18.6 Å². The van der Waals surface area contributed by atoms with Crippen molar-refractivity contribution >= 4 is 5.91 Å². The molecule has 0 saturated heterocycles. The Morgan fingerprint density at radius 1 is 1.14 bits per heavy atom. The highest BCUT2D eigenvalue weighted by atomic mass is 19.1. The van der Waals surface area contributed by atoms with Gasteiger partial charge in [0, 0.05) is 18.8 Å². The first kappa shape index (κ1) is 20.2. The van der Waals surface area contributed by atoms with Gasteiger partial charge in [0.1, 0.15) is 29.7 Å². The zero-order valence-electron chi connectivity index (χ0n) is 15.9. The summed E-state index contributed by atoms with van der Waals surface area (Å²) in [6, 6.07) is 12.7. The number of hydrogen-bond acceptors (Lipinski definition) is 4. The Labute approximate surface area is 166 Å². The molecule has 0 atom stereocenters. The van der Waals surface area contributed by atoms with Gasteiger partial charge in [0.25, 0.3) is 5.91 Å². The largest absolute Gasteiger partial charge is 0.492 e. The standard InChI is InChI=1S/C21H19F2N3O3/c1-14-13-19(27)20(24-26(14)18-6-4-3-5-17(18)23)21(28)25(2)11-12-29-16-9-7-15(22)8-10-16/h3-10,13H,11-12H2,1-2H3. The van der Waals surface area contributed by atoms with Gasteiger partial charge in [0.15, 0.2) is 5.69 Å². The van der Waals surface area contributed by atoms with Gasteiger partial charge in [-0.05, 0) is 43.3 Å². The van der Waals surface area contributed by atoms with Crippen molar-refractivity contribution in [2.75, 3.05) is 20.2 Å². The number of benzene rings is 2. The van der Waals surface area contributed by atoms with Gasteiger partial charge >= 0.3 is 0 Å². The number of aryl methyl sites for hydroxylation is 1. The first-order chi connectivity index (χ1) is 13.9. The van der Waals surface area contributed by atoms with Crippen molar-refractivity contribution in [1.82, 2.24) is 14.7 Å². The molecule has 0 radical (unpaired) electrons. The predicted molar refractivity (Wildman–Crippen MR) is 103 cm³/mol. The van der Waals surface area contributed by atoms with E-state index in [4.69, 9.17) is 4.74 Å². The van der Waals surface area contributed by atoms with E-state index >= 15 is 0 Å². The quantitative estimate of drug-likeness (QED) is 0.639. The summed E-state index contributed by atoms with van der Waals surface area (Å²) in [5.41, 5.74) is -0.324. The van der Waals surface area contributed by atoms with Crippen LogP contribution in [-0.4, -0.2) is 40.8 Å². The second kappa shape index (κ2) is 8.64. The maximum Gasteiger partial charge on any atom is 0.278 e. The number of carbonyl (C=O) groups is 1. The van der Waals surface area contributed by atoms with Crippen molar-refractivity contribution in [3.05, 3.63) is 87.8 Å². The molecule has 150 valence electrons. The van der Waals surface area contributed by atoms with Crippen molar-refractivity contribution in [1.29, 1.82) is 0 Å². The molecule has 0 saturated carbocycles. The van der Waals surface area contributed by atoms with Crippen LogP contribution < -0.4 is 10.2 Å². The molecule has 0 aliphatic carbocycles. The molecule has 1 aromatic heterocycles. The Balaban J connectivity index is 1.76. The summed E-state index contributed by atoms with van der Waals surface area (Å²) in [4.78, 5) is 26.3. The molecular weight excluding hydrogens is 380 g/mol. The molecule has 3 aromatic rings. The van der Waals surface area contributed by atoms with Crippen molar-refractivity contribution < 1.29 is 18.3 Å². The molecule has 0 fully saturated rings. The lowest BCUT2D eigenvalue weighted by Crippen LogP contribution is -2.36. The summed E-state index contributed by atoms with van der Waals surface area (Å²) < 4.78 is 33.7. The van der Waals surface area contributed by atoms with Gasteiger partial charge in [0.05, 0.1) is 6.54 Å². The van der Waals surface area contributed by atoms with Gasteiger partial charge in [-0.2, -0.15) is 5.10 Å². The minimum Gasteiger partial charge on any atom is -0.492 e. The van der Waals surface area contributed by atoms with Crippen LogP contribution in [0.25, 0.3) is 5.69 Å². The normalized spacial score (nSPS) is 10.6. The molecule has 0 spiro atoms. The molecule has 0 N–H and O–H groups in total. The van der Waals surface area contributed by atoms with Crippen LogP contribution in [0.1, 0.15) is 16.2 Å². The average molecular weight is 399 g/mol. The second-order valence-electron chi connectivity index (χ2n) is 6.39.